The Bertz CT molecular complexity index is 1020. The lowest BCUT2D eigenvalue weighted by Crippen LogP contribution is -2.49. The Balaban J connectivity index is 1.64. The Labute approximate surface area is 156 Å². The summed E-state index contributed by atoms with van der Waals surface area (Å²) in [4.78, 5) is 33.3. The van der Waals surface area contributed by atoms with Crippen LogP contribution in [0.15, 0.2) is 42.5 Å². The summed E-state index contributed by atoms with van der Waals surface area (Å²) in [5.41, 5.74) is 4.00. The van der Waals surface area contributed by atoms with Crippen molar-refractivity contribution >= 4 is 22.8 Å². The van der Waals surface area contributed by atoms with Gasteiger partial charge in [0.1, 0.15) is 11.9 Å². The number of carbonyl (C=O) groups is 2. The molecule has 1 aliphatic heterocycles. The molecule has 27 heavy (non-hydrogen) atoms. The van der Waals surface area contributed by atoms with Crippen LogP contribution < -0.4 is 5.32 Å². The maximum atomic E-state index is 12.7. The average Bonchev–Trinajstić information content (AvgIpc) is 3.11. The van der Waals surface area contributed by atoms with Crippen molar-refractivity contribution in [3.05, 3.63) is 53.9 Å². The summed E-state index contributed by atoms with van der Waals surface area (Å²) in [6, 6.07) is 13.1. The lowest BCUT2D eigenvalue weighted by molar-refractivity contribution is -0.123. The molecule has 1 aliphatic rings. The molecule has 1 fully saturated rings. The van der Waals surface area contributed by atoms with E-state index in [0.29, 0.717) is 24.5 Å². The SMILES string of the molecule is C[C@@H](O)c1nc2ccc(-c3cccc(C(=O)N4CCNC(=O)C4)c3)cc2[nH]1. The van der Waals surface area contributed by atoms with Gasteiger partial charge < -0.3 is 20.3 Å². The topological polar surface area (TPSA) is 98.3 Å². The van der Waals surface area contributed by atoms with Gasteiger partial charge in [-0.2, -0.15) is 0 Å². The van der Waals surface area contributed by atoms with Gasteiger partial charge in [0.05, 0.1) is 17.6 Å². The minimum atomic E-state index is -0.663. The molecular formula is C20H20N4O3. The van der Waals surface area contributed by atoms with Gasteiger partial charge in [0.2, 0.25) is 5.91 Å². The number of nitrogens with zero attached hydrogens (tertiary/aromatic N) is 2. The van der Waals surface area contributed by atoms with E-state index < -0.39 is 6.10 Å². The van der Waals surface area contributed by atoms with Crippen molar-refractivity contribution in [2.24, 2.45) is 0 Å². The number of amides is 2. The van der Waals surface area contributed by atoms with Gasteiger partial charge in [-0.25, -0.2) is 4.98 Å². The maximum absolute atomic E-state index is 12.7. The number of hydrogen-bond acceptors (Lipinski definition) is 4. The number of carbonyl (C=O) groups excluding carboxylic acids is 2. The maximum Gasteiger partial charge on any atom is 0.254 e. The van der Waals surface area contributed by atoms with E-state index in [-0.39, 0.29) is 18.4 Å². The highest BCUT2D eigenvalue weighted by molar-refractivity contribution is 5.98. The molecule has 3 N–H and O–H groups in total. The highest BCUT2D eigenvalue weighted by Gasteiger charge is 2.22. The van der Waals surface area contributed by atoms with Crippen molar-refractivity contribution in [1.29, 1.82) is 0 Å². The van der Waals surface area contributed by atoms with Gasteiger partial charge in [-0.3, -0.25) is 9.59 Å². The summed E-state index contributed by atoms with van der Waals surface area (Å²) in [7, 11) is 0. The summed E-state index contributed by atoms with van der Waals surface area (Å²) in [6.45, 7) is 2.74. The lowest BCUT2D eigenvalue weighted by atomic mass is 10.0. The Kier molecular flexibility index (Phi) is 4.37. The van der Waals surface area contributed by atoms with Crippen LogP contribution in [0.3, 0.4) is 0 Å². The van der Waals surface area contributed by atoms with Crippen molar-refractivity contribution in [2.75, 3.05) is 19.6 Å². The van der Waals surface area contributed by atoms with Crippen LogP contribution in [0.2, 0.25) is 0 Å². The summed E-state index contributed by atoms with van der Waals surface area (Å²) in [6.07, 6.45) is -0.663. The van der Waals surface area contributed by atoms with Crippen molar-refractivity contribution in [3.63, 3.8) is 0 Å². The number of aliphatic hydroxyl groups excluding tert-OH is 1. The molecule has 0 spiro atoms. The standard InChI is InChI=1S/C20H20N4O3/c1-12(25)19-22-16-6-5-14(10-17(16)23-19)13-3-2-4-15(9-13)20(27)24-8-7-21-18(26)11-24/h2-6,9-10,12,25H,7-8,11H2,1H3,(H,21,26)(H,22,23)/t12-/m1/s1. The van der Waals surface area contributed by atoms with Gasteiger partial charge in [0, 0.05) is 18.7 Å². The van der Waals surface area contributed by atoms with E-state index in [1.165, 1.54) is 0 Å². The number of hydrogen-bond donors (Lipinski definition) is 3. The minimum absolute atomic E-state index is 0.0886. The molecule has 1 saturated heterocycles. The zero-order chi connectivity index (χ0) is 19.0. The highest BCUT2D eigenvalue weighted by atomic mass is 16.3. The van der Waals surface area contributed by atoms with E-state index >= 15 is 0 Å². The van der Waals surface area contributed by atoms with Crippen molar-refractivity contribution in [1.82, 2.24) is 20.2 Å². The van der Waals surface area contributed by atoms with E-state index in [0.717, 1.165) is 22.2 Å². The normalized spacial score (nSPS) is 15.6. The van der Waals surface area contributed by atoms with Gasteiger partial charge in [-0.15, -0.1) is 0 Å². The minimum Gasteiger partial charge on any atom is -0.385 e. The first-order chi connectivity index (χ1) is 13.0. The van der Waals surface area contributed by atoms with Gasteiger partial charge in [-0.1, -0.05) is 18.2 Å². The van der Waals surface area contributed by atoms with E-state index in [4.69, 9.17) is 0 Å². The Hall–Kier alpha value is -3.19. The molecule has 138 valence electrons. The Morgan fingerprint density at radius 3 is 2.81 bits per heavy atom. The predicted octanol–water partition coefficient (Wildman–Crippen LogP) is 1.86. The van der Waals surface area contributed by atoms with Crippen molar-refractivity contribution in [3.8, 4) is 11.1 Å². The molecule has 0 radical (unpaired) electrons. The number of aromatic amines is 1. The molecule has 2 aromatic carbocycles. The zero-order valence-electron chi connectivity index (χ0n) is 14.9. The second-order valence-electron chi connectivity index (χ2n) is 6.69. The van der Waals surface area contributed by atoms with Crippen LogP contribution in [0.5, 0.6) is 0 Å². The van der Waals surface area contributed by atoms with E-state index in [2.05, 4.69) is 15.3 Å². The Morgan fingerprint density at radius 2 is 2.04 bits per heavy atom. The van der Waals surface area contributed by atoms with Crippen LogP contribution in [0.25, 0.3) is 22.2 Å². The second-order valence-corrected chi connectivity index (χ2v) is 6.69. The Morgan fingerprint density at radius 1 is 1.22 bits per heavy atom. The molecule has 0 bridgehead atoms. The second kappa shape index (κ2) is 6.85. The van der Waals surface area contributed by atoms with Crippen LogP contribution >= 0.6 is 0 Å². The van der Waals surface area contributed by atoms with Crippen LogP contribution in [-0.4, -0.2) is 51.4 Å². The van der Waals surface area contributed by atoms with Crippen LogP contribution in [0, 0.1) is 0 Å². The summed E-state index contributed by atoms with van der Waals surface area (Å²) >= 11 is 0. The van der Waals surface area contributed by atoms with Gasteiger partial charge >= 0.3 is 0 Å². The van der Waals surface area contributed by atoms with E-state index in [1.807, 2.05) is 36.4 Å². The molecule has 7 nitrogen and oxygen atoms in total. The first-order valence-electron chi connectivity index (χ1n) is 8.85. The van der Waals surface area contributed by atoms with Crippen LogP contribution in [0.1, 0.15) is 29.2 Å². The molecule has 0 unspecified atom stereocenters. The molecule has 3 aromatic rings. The number of H-pyrrole nitrogens is 1. The number of aliphatic hydroxyl groups is 1. The lowest BCUT2D eigenvalue weighted by Gasteiger charge is -2.26. The monoisotopic (exact) mass is 364 g/mol. The largest absolute Gasteiger partial charge is 0.385 e. The third kappa shape index (κ3) is 3.41. The number of nitrogens with one attached hydrogen (secondary N) is 2. The third-order valence-electron chi connectivity index (χ3n) is 4.66. The fraction of sp³-hybridized carbons (Fsp3) is 0.250. The van der Waals surface area contributed by atoms with Crippen LogP contribution in [0.4, 0.5) is 0 Å². The van der Waals surface area contributed by atoms with E-state index in [1.54, 1.807) is 17.9 Å². The molecule has 2 amide bonds. The van der Waals surface area contributed by atoms with Gasteiger partial charge in [-0.05, 0) is 42.3 Å². The smallest absolute Gasteiger partial charge is 0.254 e. The summed E-state index contributed by atoms with van der Waals surface area (Å²) < 4.78 is 0. The molecule has 4 rings (SSSR count). The van der Waals surface area contributed by atoms with Gasteiger partial charge in [0.15, 0.2) is 0 Å². The summed E-state index contributed by atoms with van der Waals surface area (Å²) in [5.74, 6) is 0.240. The number of imidazole rings is 1. The average molecular weight is 364 g/mol. The number of benzene rings is 2. The van der Waals surface area contributed by atoms with Crippen LogP contribution in [-0.2, 0) is 4.79 Å². The quantitative estimate of drug-likeness (QED) is 0.661. The first-order valence-corrected chi connectivity index (χ1v) is 8.85. The molecule has 1 atom stereocenters. The molecule has 2 heterocycles. The number of fused-ring (bicyclic) bond motifs is 1. The summed E-state index contributed by atoms with van der Waals surface area (Å²) in [5, 5.41) is 12.4. The first kappa shape index (κ1) is 17.2. The molecule has 7 heteroatoms. The fourth-order valence-electron chi connectivity index (χ4n) is 3.23. The highest BCUT2D eigenvalue weighted by Crippen LogP contribution is 2.25. The van der Waals surface area contributed by atoms with E-state index in [9.17, 15) is 14.7 Å². The molecular weight excluding hydrogens is 344 g/mol. The number of piperazine rings is 1. The third-order valence-corrected chi connectivity index (χ3v) is 4.66. The molecule has 0 saturated carbocycles. The predicted molar refractivity (Wildman–Crippen MR) is 101 cm³/mol. The van der Waals surface area contributed by atoms with Gasteiger partial charge in [0.25, 0.3) is 5.91 Å². The number of aromatic nitrogens is 2. The fourth-order valence-corrected chi connectivity index (χ4v) is 3.23. The zero-order valence-corrected chi connectivity index (χ0v) is 14.9. The van der Waals surface area contributed by atoms with Crippen molar-refractivity contribution in [2.45, 2.75) is 13.0 Å². The molecule has 1 aromatic heterocycles. The van der Waals surface area contributed by atoms with Crippen molar-refractivity contribution < 1.29 is 14.7 Å². The molecule has 0 aliphatic carbocycles. The number of rotatable bonds is 3.